The Morgan fingerprint density at radius 2 is 2.00 bits per heavy atom. The first-order valence-corrected chi connectivity index (χ1v) is 7.19. The Kier molecular flexibility index (Phi) is 6.21. The molecule has 1 fully saturated rings. The number of aliphatic hydroxyl groups excluding tert-OH is 1. The molecule has 0 aromatic rings. The number of rotatable bonds is 7. The molecule has 1 aliphatic rings. The van der Waals surface area contributed by atoms with Gasteiger partial charge in [0.15, 0.2) is 0 Å². The third kappa shape index (κ3) is 3.82. The minimum atomic E-state index is -0.203. The van der Waals surface area contributed by atoms with E-state index in [0.29, 0.717) is 0 Å². The zero-order valence-corrected chi connectivity index (χ0v) is 11.6. The second-order valence-electron chi connectivity index (χ2n) is 5.49. The molecule has 0 amide bonds. The molecule has 0 saturated carbocycles. The Labute approximate surface area is 107 Å². The van der Waals surface area contributed by atoms with Crippen molar-refractivity contribution in [2.45, 2.75) is 70.4 Å². The van der Waals surface area contributed by atoms with Gasteiger partial charge >= 0.3 is 0 Å². The number of unbranched alkanes of at least 4 members (excludes halogenated alkanes) is 1. The molecule has 1 saturated heterocycles. The number of aliphatic hydroxyl groups is 1. The monoisotopic (exact) mass is 239 g/mol. The predicted molar refractivity (Wildman–Crippen MR) is 74.2 cm³/mol. The fraction of sp³-hybridized carbons (Fsp3) is 0.867. The van der Waals surface area contributed by atoms with Gasteiger partial charge in [-0.05, 0) is 58.5 Å². The van der Waals surface area contributed by atoms with E-state index in [9.17, 15) is 5.11 Å². The Morgan fingerprint density at radius 1 is 1.35 bits per heavy atom. The average Bonchev–Trinajstić information content (AvgIpc) is 2.39. The second-order valence-corrected chi connectivity index (χ2v) is 5.49. The number of hydrogen-bond acceptors (Lipinski definition) is 2. The van der Waals surface area contributed by atoms with Crippen LogP contribution >= 0.6 is 0 Å². The van der Waals surface area contributed by atoms with Crippen molar-refractivity contribution < 1.29 is 5.11 Å². The summed E-state index contributed by atoms with van der Waals surface area (Å²) in [5.41, 5.74) is -0.0262. The van der Waals surface area contributed by atoms with Crippen LogP contribution in [0.3, 0.4) is 0 Å². The van der Waals surface area contributed by atoms with Crippen LogP contribution in [0, 0.1) is 0 Å². The van der Waals surface area contributed by atoms with E-state index >= 15 is 0 Å². The van der Waals surface area contributed by atoms with Crippen molar-refractivity contribution >= 4 is 0 Å². The summed E-state index contributed by atoms with van der Waals surface area (Å²) in [6.07, 6.45) is 9.65. The van der Waals surface area contributed by atoms with Gasteiger partial charge < -0.3 is 5.11 Å². The zero-order chi connectivity index (χ0) is 12.7. The minimum Gasteiger partial charge on any atom is -0.391 e. The minimum absolute atomic E-state index is 0.0262. The topological polar surface area (TPSA) is 23.5 Å². The summed E-state index contributed by atoms with van der Waals surface area (Å²) in [5, 5.41) is 10.5. The summed E-state index contributed by atoms with van der Waals surface area (Å²) in [6.45, 7) is 10.5. The maximum atomic E-state index is 10.5. The molecule has 0 aromatic heterocycles. The Balaban J connectivity index is 2.54. The van der Waals surface area contributed by atoms with Crippen LogP contribution in [0.5, 0.6) is 0 Å². The highest BCUT2D eigenvalue weighted by atomic mass is 16.3. The molecule has 1 N–H and O–H groups in total. The molecule has 0 aliphatic carbocycles. The van der Waals surface area contributed by atoms with Gasteiger partial charge in [-0.1, -0.05) is 19.4 Å². The number of piperidine rings is 1. The van der Waals surface area contributed by atoms with E-state index in [2.05, 4.69) is 25.3 Å². The van der Waals surface area contributed by atoms with Gasteiger partial charge in [0.1, 0.15) is 0 Å². The lowest BCUT2D eigenvalue weighted by molar-refractivity contribution is -0.0376. The highest BCUT2D eigenvalue weighted by Crippen LogP contribution is 2.29. The molecule has 1 rings (SSSR count). The highest BCUT2D eigenvalue weighted by molar-refractivity contribution is 4.93. The van der Waals surface area contributed by atoms with Crippen LogP contribution in [-0.2, 0) is 0 Å². The molecule has 2 atom stereocenters. The molecular weight excluding hydrogens is 210 g/mol. The summed E-state index contributed by atoms with van der Waals surface area (Å²) in [4.78, 5) is 2.51. The third-order valence-electron chi connectivity index (χ3n) is 4.40. The Bertz CT molecular complexity index is 223. The van der Waals surface area contributed by atoms with E-state index in [4.69, 9.17) is 0 Å². The molecule has 2 nitrogen and oxygen atoms in total. The predicted octanol–water partition coefficient (Wildman–Crippen LogP) is 3.36. The summed E-state index contributed by atoms with van der Waals surface area (Å²) < 4.78 is 0. The number of likely N-dealkylation sites (tertiary alicyclic amines) is 1. The van der Waals surface area contributed by atoms with E-state index in [-0.39, 0.29) is 11.6 Å². The maximum Gasteiger partial charge on any atom is 0.0721 e. The fourth-order valence-electron chi connectivity index (χ4n) is 2.84. The van der Waals surface area contributed by atoms with Crippen LogP contribution in [0.4, 0.5) is 0 Å². The number of hydrogen-bond donors (Lipinski definition) is 1. The van der Waals surface area contributed by atoms with Gasteiger partial charge in [-0.25, -0.2) is 0 Å². The smallest absolute Gasteiger partial charge is 0.0721 e. The molecule has 100 valence electrons. The fourth-order valence-corrected chi connectivity index (χ4v) is 2.84. The van der Waals surface area contributed by atoms with Gasteiger partial charge in [0.05, 0.1) is 6.10 Å². The zero-order valence-electron chi connectivity index (χ0n) is 11.6. The first-order valence-electron chi connectivity index (χ1n) is 7.19. The van der Waals surface area contributed by atoms with Crippen LogP contribution in [-0.4, -0.2) is 34.7 Å². The van der Waals surface area contributed by atoms with Gasteiger partial charge in [-0.2, -0.15) is 0 Å². The SMILES string of the molecule is C=CCCCC(O)C(C)(CC)N1CCCCC1. The first-order chi connectivity index (χ1) is 8.15. The largest absolute Gasteiger partial charge is 0.391 e. The van der Waals surface area contributed by atoms with Crippen molar-refractivity contribution in [1.29, 1.82) is 0 Å². The van der Waals surface area contributed by atoms with E-state index < -0.39 is 0 Å². The Morgan fingerprint density at radius 3 is 2.53 bits per heavy atom. The first kappa shape index (κ1) is 14.7. The quantitative estimate of drug-likeness (QED) is 0.544. The van der Waals surface area contributed by atoms with E-state index in [1.807, 2.05) is 6.08 Å². The van der Waals surface area contributed by atoms with Crippen LogP contribution in [0.2, 0.25) is 0 Å². The van der Waals surface area contributed by atoms with Gasteiger partial charge in [0.2, 0.25) is 0 Å². The van der Waals surface area contributed by atoms with Crippen molar-refractivity contribution in [3.05, 3.63) is 12.7 Å². The van der Waals surface area contributed by atoms with Gasteiger partial charge in [-0.3, -0.25) is 4.90 Å². The lowest BCUT2D eigenvalue weighted by Gasteiger charge is -2.46. The van der Waals surface area contributed by atoms with Gasteiger partial charge in [-0.15, -0.1) is 6.58 Å². The maximum absolute atomic E-state index is 10.5. The van der Waals surface area contributed by atoms with Crippen LogP contribution < -0.4 is 0 Å². The lowest BCUT2D eigenvalue weighted by Crippen LogP contribution is -2.55. The molecular formula is C15H29NO. The van der Waals surface area contributed by atoms with Crippen molar-refractivity contribution in [3.8, 4) is 0 Å². The lowest BCUT2D eigenvalue weighted by atomic mass is 9.85. The molecule has 1 heterocycles. The summed E-state index contributed by atoms with van der Waals surface area (Å²) in [5.74, 6) is 0. The van der Waals surface area contributed by atoms with Crippen LogP contribution in [0.25, 0.3) is 0 Å². The van der Waals surface area contributed by atoms with Gasteiger partial charge in [0.25, 0.3) is 0 Å². The molecule has 0 radical (unpaired) electrons. The van der Waals surface area contributed by atoms with Crippen molar-refractivity contribution in [3.63, 3.8) is 0 Å². The molecule has 0 bridgehead atoms. The summed E-state index contributed by atoms with van der Waals surface area (Å²) in [7, 11) is 0. The van der Waals surface area contributed by atoms with E-state index in [1.54, 1.807) is 0 Å². The summed E-state index contributed by atoms with van der Waals surface area (Å²) in [6, 6.07) is 0. The highest BCUT2D eigenvalue weighted by Gasteiger charge is 2.37. The molecule has 0 spiro atoms. The number of nitrogens with zero attached hydrogens (tertiary/aromatic N) is 1. The second kappa shape index (κ2) is 7.17. The molecule has 1 aliphatic heterocycles. The Hall–Kier alpha value is -0.340. The summed E-state index contributed by atoms with van der Waals surface area (Å²) >= 11 is 0. The number of allylic oxidation sites excluding steroid dienone is 1. The van der Waals surface area contributed by atoms with E-state index in [1.165, 1.54) is 19.3 Å². The molecule has 2 heteroatoms. The molecule has 17 heavy (non-hydrogen) atoms. The van der Waals surface area contributed by atoms with Crippen molar-refractivity contribution in [1.82, 2.24) is 4.90 Å². The van der Waals surface area contributed by atoms with Gasteiger partial charge in [0, 0.05) is 5.54 Å². The van der Waals surface area contributed by atoms with Crippen LogP contribution in [0.15, 0.2) is 12.7 Å². The normalized spacial score (nSPS) is 23.0. The van der Waals surface area contributed by atoms with E-state index in [0.717, 1.165) is 38.8 Å². The van der Waals surface area contributed by atoms with Crippen molar-refractivity contribution in [2.24, 2.45) is 0 Å². The molecule has 2 unspecified atom stereocenters. The van der Waals surface area contributed by atoms with Crippen molar-refractivity contribution in [2.75, 3.05) is 13.1 Å². The molecule has 0 aromatic carbocycles. The standard InChI is InChI=1S/C15H29NO/c1-4-6-8-11-14(17)15(3,5-2)16-12-9-7-10-13-16/h4,14,17H,1,5-13H2,2-3H3. The van der Waals surface area contributed by atoms with Crippen LogP contribution in [0.1, 0.15) is 58.8 Å². The third-order valence-corrected chi connectivity index (χ3v) is 4.40. The average molecular weight is 239 g/mol.